The molecule has 0 saturated carbocycles. The quantitative estimate of drug-likeness (QED) is 0.695. The van der Waals surface area contributed by atoms with Gasteiger partial charge in [-0.05, 0) is 38.8 Å². The molecule has 1 rings (SSSR count). The van der Waals surface area contributed by atoms with Crippen LogP contribution in [-0.2, 0) is 4.74 Å². The molecule has 0 aliphatic carbocycles. The van der Waals surface area contributed by atoms with Crippen molar-refractivity contribution in [2.45, 2.75) is 45.8 Å². The summed E-state index contributed by atoms with van der Waals surface area (Å²) in [6, 6.07) is 8.82. The summed E-state index contributed by atoms with van der Waals surface area (Å²) in [5, 5.41) is 2.34. The SMILES string of the molecule is COCC[NH2+][C@H](C)CC[C@H](C)Oc1ccccc1C. The zero-order chi connectivity index (χ0) is 14.1. The first kappa shape index (κ1) is 16.0. The topological polar surface area (TPSA) is 35.1 Å². The van der Waals surface area contributed by atoms with Crippen LogP contribution in [0.4, 0.5) is 0 Å². The van der Waals surface area contributed by atoms with Crippen molar-refractivity contribution < 1.29 is 14.8 Å². The van der Waals surface area contributed by atoms with Crippen LogP contribution in [0.1, 0.15) is 32.3 Å². The van der Waals surface area contributed by atoms with Crippen molar-refractivity contribution in [2.75, 3.05) is 20.3 Å². The fraction of sp³-hybridized carbons (Fsp3) is 0.625. The number of methoxy groups -OCH3 is 1. The molecular formula is C16H28NO2+. The summed E-state index contributed by atoms with van der Waals surface area (Å²) in [4.78, 5) is 0. The molecule has 0 heterocycles. The normalized spacial score (nSPS) is 14.1. The molecule has 0 unspecified atom stereocenters. The summed E-state index contributed by atoms with van der Waals surface area (Å²) in [5.41, 5.74) is 1.20. The molecule has 0 amide bonds. The number of benzene rings is 1. The minimum Gasteiger partial charge on any atom is -0.490 e. The third-order valence-corrected chi connectivity index (χ3v) is 3.34. The van der Waals surface area contributed by atoms with E-state index in [9.17, 15) is 0 Å². The van der Waals surface area contributed by atoms with Gasteiger partial charge in [-0.1, -0.05) is 18.2 Å². The molecule has 1 aromatic rings. The number of rotatable bonds is 9. The van der Waals surface area contributed by atoms with Gasteiger partial charge in [-0.3, -0.25) is 0 Å². The van der Waals surface area contributed by atoms with Crippen LogP contribution < -0.4 is 10.1 Å². The van der Waals surface area contributed by atoms with Gasteiger partial charge in [0.2, 0.25) is 0 Å². The lowest BCUT2D eigenvalue weighted by atomic mass is 10.1. The standard InChI is InChI=1S/C16H27NO2/c1-13-7-5-6-8-16(13)19-15(3)10-9-14(2)17-11-12-18-4/h5-8,14-15,17H,9-12H2,1-4H3/p+1/t14-,15+/m1/s1. The van der Waals surface area contributed by atoms with E-state index in [2.05, 4.69) is 32.2 Å². The van der Waals surface area contributed by atoms with E-state index < -0.39 is 0 Å². The molecule has 0 aromatic heterocycles. The lowest BCUT2D eigenvalue weighted by Gasteiger charge is -2.18. The zero-order valence-electron chi connectivity index (χ0n) is 12.7. The van der Waals surface area contributed by atoms with Gasteiger partial charge in [0.05, 0.1) is 25.3 Å². The van der Waals surface area contributed by atoms with E-state index >= 15 is 0 Å². The van der Waals surface area contributed by atoms with Crippen molar-refractivity contribution in [3.8, 4) is 5.75 Å². The second kappa shape index (κ2) is 8.94. The van der Waals surface area contributed by atoms with Gasteiger partial charge in [-0.25, -0.2) is 0 Å². The summed E-state index contributed by atoms with van der Waals surface area (Å²) < 4.78 is 11.0. The number of hydrogen-bond acceptors (Lipinski definition) is 2. The molecule has 0 saturated heterocycles. The Kier molecular flexibility index (Phi) is 7.53. The maximum absolute atomic E-state index is 5.98. The highest BCUT2D eigenvalue weighted by Crippen LogP contribution is 2.19. The number of aryl methyl sites for hydroxylation is 1. The minimum absolute atomic E-state index is 0.263. The molecule has 0 aliphatic heterocycles. The predicted octanol–water partition coefficient (Wildman–Crippen LogP) is 2.14. The van der Waals surface area contributed by atoms with Crippen molar-refractivity contribution in [1.29, 1.82) is 0 Å². The number of hydrogen-bond donors (Lipinski definition) is 1. The monoisotopic (exact) mass is 266 g/mol. The Morgan fingerprint density at radius 2 is 1.89 bits per heavy atom. The van der Waals surface area contributed by atoms with Gasteiger partial charge in [-0.15, -0.1) is 0 Å². The molecular weight excluding hydrogens is 238 g/mol. The number of ether oxygens (including phenoxy) is 2. The van der Waals surface area contributed by atoms with Crippen LogP contribution in [0.2, 0.25) is 0 Å². The Bertz CT molecular complexity index is 354. The third kappa shape index (κ3) is 6.60. The Morgan fingerprint density at radius 1 is 1.16 bits per heavy atom. The highest BCUT2D eigenvalue weighted by atomic mass is 16.5. The van der Waals surface area contributed by atoms with Gasteiger partial charge in [0.25, 0.3) is 0 Å². The summed E-state index contributed by atoms with van der Waals surface area (Å²) in [7, 11) is 1.75. The van der Waals surface area contributed by atoms with Crippen molar-refractivity contribution in [3.63, 3.8) is 0 Å². The van der Waals surface area contributed by atoms with Gasteiger partial charge < -0.3 is 14.8 Å². The van der Waals surface area contributed by atoms with E-state index in [1.54, 1.807) is 7.11 Å². The number of para-hydroxylation sites is 1. The van der Waals surface area contributed by atoms with Gasteiger partial charge in [0.1, 0.15) is 5.75 Å². The van der Waals surface area contributed by atoms with Crippen LogP contribution in [0.3, 0.4) is 0 Å². The van der Waals surface area contributed by atoms with Crippen LogP contribution in [0.25, 0.3) is 0 Å². The number of nitrogens with two attached hydrogens (primary N) is 1. The first-order chi connectivity index (χ1) is 9.13. The molecule has 0 aliphatic rings. The van der Waals surface area contributed by atoms with Crippen LogP contribution in [0.5, 0.6) is 5.75 Å². The molecule has 108 valence electrons. The Balaban J connectivity index is 2.24. The van der Waals surface area contributed by atoms with E-state index in [1.807, 2.05) is 18.2 Å². The van der Waals surface area contributed by atoms with E-state index in [0.29, 0.717) is 6.04 Å². The molecule has 0 fully saturated rings. The lowest BCUT2D eigenvalue weighted by Crippen LogP contribution is -2.90. The highest BCUT2D eigenvalue weighted by Gasteiger charge is 2.10. The molecule has 1 aromatic carbocycles. The Labute approximate surface area is 117 Å². The molecule has 0 spiro atoms. The van der Waals surface area contributed by atoms with Gasteiger partial charge in [-0.2, -0.15) is 0 Å². The molecule has 2 atom stereocenters. The predicted molar refractivity (Wildman–Crippen MR) is 78.6 cm³/mol. The zero-order valence-corrected chi connectivity index (χ0v) is 12.7. The highest BCUT2D eigenvalue weighted by molar-refractivity contribution is 5.31. The first-order valence-electron chi connectivity index (χ1n) is 7.18. The average Bonchev–Trinajstić information content (AvgIpc) is 2.39. The first-order valence-corrected chi connectivity index (χ1v) is 7.18. The van der Waals surface area contributed by atoms with Crippen molar-refractivity contribution >= 4 is 0 Å². The summed E-state index contributed by atoms with van der Waals surface area (Å²) in [6.07, 6.45) is 2.51. The fourth-order valence-corrected chi connectivity index (χ4v) is 2.05. The van der Waals surface area contributed by atoms with E-state index in [0.717, 1.165) is 31.7 Å². The van der Waals surface area contributed by atoms with E-state index in [1.165, 1.54) is 5.56 Å². The van der Waals surface area contributed by atoms with Crippen LogP contribution in [0.15, 0.2) is 24.3 Å². The van der Waals surface area contributed by atoms with Gasteiger partial charge in [0, 0.05) is 13.5 Å². The summed E-state index contributed by atoms with van der Waals surface area (Å²) in [5.74, 6) is 1.01. The van der Waals surface area contributed by atoms with Crippen molar-refractivity contribution in [3.05, 3.63) is 29.8 Å². The Hall–Kier alpha value is -1.06. The summed E-state index contributed by atoms with van der Waals surface area (Å²) >= 11 is 0. The van der Waals surface area contributed by atoms with Crippen molar-refractivity contribution in [2.24, 2.45) is 0 Å². The molecule has 0 radical (unpaired) electrons. The molecule has 19 heavy (non-hydrogen) atoms. The second-order valence-corrected chi connectivity index (χ2v) is 5.27. The van der Waals surface area contributed by atoms with E-state index in [-0.39, 0.29) is 6.10 Å². The van der Waals surface area contributed by atoms with Gasteiger partial charge >= 0.3 is 0 Å². The van der Waals surface area contributed by atoms with Gasteiger partial charge in [0.15, 0.2) is 0 Å². The smallest absolute Gasteiger partial charge is 0.122 e. The maximum Gasteiger partial charge on any atom is 0.122 e. The third-order valence-electron chi connectivity index (χ3n) is 3.34. The molecule has 3 heteroatoms. The number of quaternary nitrogens is 1. The van der Waals surface area contributed by atoms with Crippen LogP contribution >= 0.6 is 0 Å². The van der Waals surface area contributed by atoms with Crippen molar-refractivity contribution in [1.82, 2.24) is 0 Å². The Morgan fingerprint density at radius 3 is 2.58 bits per heavy atom. The summed E-state index contributed by atoms with van der Waals surface area (Å²) in [6.45, 7) is 8.35. The van der Waals surface area contributed by atoms with Crippen LogP contribution in [-0.4, -0.2) is 32.4 Å². The molecule has 2 N–H and O–H groups in total. The fourth-order valence-electron chi connectivity index (χ4n) is 2.05. The maximum atomic E-state index is 5.98. The second-order valence-electron chi connectivity index (χ2n) is 5.27. The average molecular weight is 266 g/mol. The largest absolute Gasteiger partial charge is 0.490 e. The van der Waals surface area contributed by atoms with Crippen LogP contribution in [0, 0.1) is 6.92 Å². The lowest BCUT2D eigenvalue weighted by molar-refractivity contribution is -0.687. The molecule has 0 bridgehead atoms. The molecule has 3 nitrogen and oxygen atoms in total. The minimum atomic E-state index is 0.263. The van der Waals surface area contributed by atoms with E-state index in [4.69, 9.17) is 9.47 Å².